The summed E-state index contributed by atoms with van der Waals surface area (Å²) in [5.74, 6) is 0. The monoisotopic (exact) mass is 355 g/mol. The van der Waals surface area contributed by atoms with Crippen molar-refractivity contribution in [1.82, 2.24) is 9.78 Å². The molecule has 0 bridgehead atoms. The zero-order valence-corrected chi connectivity index (χ0v) is 14.6. The minimum atomic E-state index is -3.72. The van der Waals surface area contributed by atoms with Gasteiger partial charge in [-0.1, -0.05) is 18.2 Å². The van der Waals surface area contributed by atoms with Crippen molar-refractivity contribution in [2.45, 2.75) is 18.7 Å². The highest BCUT2D eigenvalue weighted by Crippen LogP contribution is 2.27. The Balaban J connectivity index is 1.96. The maximum Gasteiger partial charge on any atom is 0.238 e. The van der Waals surface area contributed by atoms with Gasteiger partial charge in [-0.2, -0.15) is 10.2 Å². The van der Waals surface area contributed by atoms with Crippen LogP contribution in [0.3, 0.4) is 0 Å². The minimum Gasteiger partial charge on any atom is -0.236 e. The van der Waals surface area contributed by atoms with Gasteiger partial charge in [-0.15, -0.1) is 5.11 Å². The highest BCUT2D eigenvalue weighted by Gasteiger charge is 2.14. The lowest BCUT2D eigenvalue weighted by atomic mass is 10.3. The molecule has 0 aliphatic rings. The Hall–Kier alpha value is -2.84. The van der Waals surface area contributed by atoms with Crippen LogP contribution in [-0.4, -0.2) is 18.2 Å². The van der Waals surface area contributed by atoms with Crippen molar-refractivity contribution in [1.29, 1.82) is 0 Å². The number of nitrogens with two attached hydrogens (primary N) is 1. The van der Waals surface area contributed by atoms with Crippen LogP contribution >= 0.6 is 0 Å². The quantitative estimate of drug-likeness (QED) is 0.724. The van der Waals surface area contributed by atoms with Crippen LogP contribution in [0.25, 0.3) is 5.69 Å². The standard InChI is InChI=1S/C17H17N5O2S/c1-12-17(20-19-14-6-4-3-5-7-14)13(2)22(21-12)15-8-10-16(11-9-15)25(18,23)24/h3-11H,1-2H3,(H2,18,23,24). The van der Waals surface area contributed by atoms with Gasteiger partial charge in [-0.05, 0) is 50.2 Å². The Bertz CT molecular complexity index is 1020. The van der Waals surface area contributed by atoms with E-state index in [0.717, 1.165) is 17.1 Å². The maximum absolute atomic E-state index is 11.4. The molecule has 3 aromatic rings. The fourth-order valence-electron chi connectivity index (χ4n) is 2.41. The number of azo groups is 1. The summed E-state index contributed by atoms with van der Waals surface area (Å²) in [6, 6.07) is 15.6. The highest BCUT2D eigenvalue weighted by atomic mass is 32.2. The molecule has 0 amide bonds. The third-order valence-electron chi connectivity index (χ3n) is 3.68. The van der Waals surface area contributed by atoms with E-state index in [1.807, 2.05) is 44.2 Å². The lowest BCUT2D eigenvalue weighted by Crippen LogP contribution is -2.12. The van der Waals surface area contributed by atoms with Crippen LogP contribution < -0.4 is 5.14 Å². The largest absolute Gasteiger partial charge is 0.238 e. The summed E-state index contributed by atoms with van der Waals surface area (Å²) < 4.78 is 24.4. The molecule has 0 spiro atoms. The molecule has 0 aliphatic heterocycles. The van der Waals surface area contributed by atoms with Gasteiger partial charge in [0.05, 0.1) is 27.7 Å². The first-order valence-electron chi connectivity index (χ1n) is 7.52. The summed E-state index contributed by atoms with van der Waals surface area (Å²) in [5.41, 5.74) is 3.69. The third kappa shape index (κ3) is 3.65. The first kappa shape index (κ1) is 17.0. The molecular formula is C17H17N5O2S. The lowest BCUT2D eigenvalue weighted by Gasteiger charge is -2.05. The van der Waals surface area contributed by atoms with Crippen LogP contribution in [0.4, 0.5) is 11.4 Å². The van der Waals surface area contributed by atoms with Crippen LogP contribution in [0.5, 0.6) is 0 Å². The second-order valence-electron chi connectivity index (χ2n) is 5.51. The van der Waals surface area contributed by atoms with Gasteiger partial charge in [-0.25, -0.2) is 18.2 Å². The van der Waals surface area contributed by atoms with Crippen molar-refractivity contribution in [3.8, 4) is 5.69 Å². The van der Waals surface area contributed by atoms with Gasteiger partial charge >= 0.3 is 0 Å². The fourth-order valence-corrected chi connectivity index (χ4v) is 2.93. The fraction of sp³-hybridized carbons (Fsp3) is 0.118. The van der Waals surface area contributed by atoms with Gasteiger partial charge < -0.3 is 0 Å². The zero-order valence-electron chi connectivity index (χ0n) is 13.8. The van der Waals surface area contributed by atoms with Crippen LogP contribution in [-0.2, 0) is 10.0 Å². The number of nitrogens with zero attached hydrogens (tertiary/aromatic N) is 4. The van der Waals surface area contributed by atoms with Gasteiger partial charge in [0.25, 0.3) is 0 Å². The number of aryl methyl sites for hydroxylation is 1. The Morgan fingerprint density at radius 2 is 1.60 bits per heavy atom. The van der Waals surface area contributed by atoms with Crippen LogP contribution in [0, 0.1) is 13.8 Å². The molecule has 0 saturated heterocycles. The minimum absolute atomic E-state index is 0.0572. The second kappa shape index (κ2) is 6.58. The summed E-state index contributed by atoms with van der Waals surface area (Å²) in [5, 5.41) is 18.1. The van der Waals surface area contributed by atoms with Crippen molar-refractivity contribution in [2.75, 3.05) is 0 Å². The smallest absolute Gasteiger partial charge is 0.236 e. The summed E-state index contributed by atoms with van der Waals surface area (Å²) in [4.78, 5) is 0.0572. The topological polar surface area (TPSA) is 103 Å². The molecule has 128 valence electrons. The van der Waals surface area contributed by atoms with Crippen molar-refractivity contribution in [2.24, 2.45) is 15.4 Å². The van der Waals surface area contributed by atoms with Gasteiger partial charge in [0.2, 0.25) is 10.0 Å². The maximum atomic E-state index is 11.4. The van der Waals surface area contributed by atoms with Gasteiger partial charge in [0.15, 0.2) is 0 Å². The summed E-state index contributed by atoms with van der Waals surface area (Å²) in [6.45, 7) is 3.73. The number of primary sulfonamides is 1. The Morgan fingerprint density at radius 1 is 0.960 bits per heavy atom. The molecule has 0 fully saturated rings. The number of hydrogen-bond acceptors (Lipinski definition) is 5. The number of aromatic nitrogens is 2. The number of hydrogen-bond donors (Lipinski definition) is 1. The van der Waals surface area contributed by atoms with Crippen molar-refractivity contribution >= 4 is 21.4 Å². The average molecular weight is 355 g/mol. The summed E-state index contributed by atoms with van der Waals surface area (Å²) >= 11 is 0. The molecule has 2 N–H and O–H groups in total. The molecule has 8 heteroatoms. The normalized spacial score (nSPS) is 12.0. The Kier molecular flexibility index (Phi) is 4.47. The Morgan fingerprint density at radius 3 is 2.20 bits per heavy atom. The van der Waals surface area contributed by atoms with Crippen molar-refractivity contribution in [3.63, 3.8) is 0 Å². The molecule has 0 saturated carbocycles. The van der Waals surface area contributed by atoms with Crippen LogP contribution in [0.1, 0.15) is 11.4 Å². The molecule has 1 aromatic heterocycles. The first-order chi connectivity index (χ1) is 11.9. The molecule has 0 unspecified atom stereocenters. The van der Waals surface area contributed by atoms with E-state index in [9.17, 15) is 8.42 Å². The molecule has 1 heterocycles. The van der Waals surface area contributed by atoms with E-state index >= 15 is 0 Å². The van der Waals surface area contributed by atoms with Crippen LogP contribution in [0.15, 0.2) is 69.7 Å². The Labute approximate surface area is 145 Å². The molecule has 2 aromatic carbocycles. The van der Waals surface area contributed by atoms with E-state index in [1.165, 1.54) is 12.1 Å². The van der Waals surface area contributed by atoms with E-state index in [4.69, 9.17) is 5.14 Å². The van der Waals surface area contributed by atoms with E-state index in [-0.39, 0.29) is 4.90 Å². The van der Waals surface area contributed by atoms with E-state index in [1.54, 1.807) is 16.8 Å². The number of benzene rings is 2. The number of rotatable bonds is 4. The van der Waals surface area contributed by atoms with Gasteiger partial charge in [0.1, 0.15) is 5.69 Å². The summed E-state index contributed by atoms with van der Waals surface area (Å²) in [6.07, 6.45) is 0. The van der Waals surface area contributed by atoms with E-state index < -0.39 is 10.0 Å². The second-order valence-corrected chi connectivity index (χ2v) is 7.07. The van der Waals surface area contributed by atoms with Gasteiger partial charge in [0, 0.05) is 0 Å². The SMILES string of the molecule is Cc1nn(-c2ccc(S(N)(=O)=O)cc2)c(C)c1N=Nc1ccccc1. The molecule has 0 atom stereocenters. The lowest BCUT2D eigenvalue weighted by molar-refractivity contribution is 0.598. The van der Waals surface area contributed by atoms with Crippen LogP contribution in [0.2, 0.25) is 0 Å². The molecule has 0 radical (unpaired) electrons. The molecule has 0 aliphatic carbocycles. The van der Waals surface area contributed by atoms with Gasteiger partial charge in [-0.3, -0.25) is 0 Å². The van der Waals surface area contributed by atoms with E-state index in [2.05, 4.69) is 15.3 Å². The molecular weight excluding hydrogens is 338 g/mol. The van der Waals surface area contributed by atoms with E-state index in [0.29, 0.717) is 11.4 Å². The zero-order chi connectivity index (χ0) is 18.0. The molecule has 3 rings (SSSR count). The molecule has 25 heavy (non-hydrogen) atoms. The van der Waals surface area contributed by atoms with Crippen molar-refractivity contribution < 1.29 is 8.42 Å². The average Bonchev–Trinajstić information content (AvgIpc) is 2.87. The molecule has 7 nitrogen and oxygen atoms in total. The predicted octanol–water partition coefficient (Wildman–Crippen LogP) is 3.55. The predicted molar refractivity (Wildman–Crippen MR) is 95.0 cm³/mol. The summed E-state index contributed by atoms with van der Waals surface area (Å²) in [7, 11) is -3.72. The van der Waals surface area contributed by atoms with Crippen molar-refractivity contribution in [3.05, 3.63) is 66.0 Å². The first-order valence-corrected chi connectivity index (χ1v) is 9.07. The number of sulfonamides is 1. The third-order valence-corrected chi connectivity index (χ3v) is 4.61. The highest BCUT2D eigenvalue weighted by molar-refractivity contribution is 7.89.